The van der Waals surface area contributed by atoms with E-state index < -0.39 is 17.7 Å². The third-order valence-electron chi connectivity index (χ3n) is 7.25. The molecule has 7 heteroatoms. The van der Waals surface area contributed by atoms with Crippen molar-refractivity contribution in [1.82, 2.24) is 10.6 Å². The molecular formula is C21H26F2N2O3. The molecule has 2 aliphatic heterocycles. The van der Waals surface area contributed by atoms with Crippen LogP contribution in [-0.2, 0) is 9.47 Å². The van der Waals surface area contributed by atoms with Crippen molar-refractivity contribution in [1.29, 1.82) is 0 Å². The van der Waals surface area contributed by atoms with Gasteiger partial charge in [0.15, 0.2) is 11.6 Å². The van der Waals surface area contributed by atoms with E-state index in [0.29, 0.717) is 30.6 Å². The van der Waals surface area contributed by atoms with Crippen LogP contribution in [0, 0.1) is 23.0 Å². The molecular weight excluding hydrogens is 366 g/mol. The van der Waals surface area contributed by atoms with Crippen LogP contribution in [0.1, 0.15) is 50.2 Å². The Morgan fingerprint density at radius 3 is 2.61 bits per heavy atom. The van der Waals surface area contributed by atoms with Crippen molar-refractivity contribution in [2.24, 2.45) is 11.3 Å². The highest BCUT2D eigenvalue weighted by Crippen LogP contribution is 2.60. The van der Waals surface area contributed by atoms with Gasteiger partial charge in [-0.25, -0.2) is 13.6 Å². The van der Waals surface area contributed by atoms with E-state index in [1.165, 1.54) is 18.9 Å². The Bertz CT molecular complexity index is 768. The molecule has 1 aromatic rings. The number of urea groups is 1. The van der Waals surface area contributed by atoms with E-state index >= 15 is 0 Å². The zero-order valence-corrected chi connectivity index (χ0v) is 15.8. The summed E-state index contributed by atoms with van der Waals surface area (Å²) in [6.45, 7) is 1.26. The standard InChI is InChI=1S/C21H26F2N2O3/c22-14-4-3-12(11-15(14)23)17-16(6-10-27-17)24-20(26)25-18-13-5-9-28-19(13)21(18)7-1-2-8-21/h3-4,11,13,16-19H,1-2,5-10H2,(H2,24,25,26). The molecule has 5 nitrogen and oxygen atoms in total. The minimum atomic E-state index is -0.902. The Kier molecular flexibility index (Phi) is 4.55. The first-order chi connectivity index (χ1) is 13.6. The fourth-order valence-corrected chi connectivity index (χ4v) is 6.01. The Hall–Kier alpha value is -1.73. The molecule has 2 N–H and O–H groups in total. The largest absolute Gasteiger partial charge is 0.377 e. The summed E-state index contributed by atoms with van der Waals surface area (Å²) in [5.74, 6) is -1.38. The SMILES string of the molecule is O=C(NC1CCOC1c1ccc(F)c(F)c1)NC1C2CCOC2C12CCCC2. The lowest BCUT2D eigenvalue weighted by molar-refractivity contribution is -0.126. The number of benzene rings is 1. The molecule has 0 radical (unpaired) electrons. The number of amides is 2. The molecule has 0 aromatic heterocycles. The average Bonchev–Trinajstić information content (AvgIpc) is 3.42. The topological polar surface area (TPSA) is 59.6 Å². The van der Waals surface area contributed by atoms with Crippen LogP contribution >= 0.6 is 0 Å². The number of hydrogen-bond donors (Lipinski definition) is 2. The van der Waals surface area contributed by atoms with Gasteiger partial charge in [0.1, 0.15) is 6.10 Å². The van der Waals surface area contributed by atoms with Gasteiger partial charge in [0.05, 0.1) is 12.1 Å². The van der Waals surface area contributed by atoms with Crippen molar-refractivity contribution in [2.45, 2.75) is 62.8 Å². The van der Waals surface area contributed by atoms with E-state index in [4.69, 9.17) is 9.47 Å². The average molecular weight is 392 g/mol. The highest BCUT2D eigenvalue weighted by atomic mass is 19.2. The first-order valence-electron chi connectivity index (χ1n) is 10.3. The van der Waals surface area contributed by atoms with Crippen molar-refractivity contribution >= 4 is 6.03 Å². The summed E-state index contributed by atoms with van der Waals surface area (Å²) >= 11 is 0. The van der Waals surface area contributed by atoms with Gasteiger partial charge in [0, 0.05) is 30.6 Å². The van der Waals surface area contributed by atoms with Gasteiger partial charge in [0.25, 0.3) is 0 Å². The van der Waals surface area contributed by atoms with Gasteiger partial charge in [0.2, 0.25) is 0 Å². The fourth-order valence-electron chi connectivity index (χ4n) is 6.01. The molecule has 2 amide bonds. The fraction of sp³-hybridized carbons (Fsp3) is 0.667. The van der Waals surface area contributed by atoms with Crippen molar-refractivity contribution in [3.63, 3.8) is 0 Å². The van der Waals surface area contributed by atoms with E-state index in [2.05, 4.69) is 10.6 Å². The van der Waals surface area contributed by atoms with Crippen LogP contribution in [0.3, 0.4) is 0 Å². The van der Waals surface area contributed by atoms with Crippen LogP contribution in [-0.4, -0.2) is 37.4 Å². The first kappa shape index (κ1) is 18.3. The van der Waals surface area contributed by atoms with Crippen molar-refractivity contribution in [3.8, 4) is 0 Å². The Labute approximate surface area is 163 Å². The van der Waals surface area contributed by atoms with Gasteiger partial charge < -0.3 is 20.1 Å². The van der Waals surface area contributed by atoms with Gasteiger partial charge in [-0.1, -0.05) is 18.9 Å². The molecule has 5 rings (SSSR count). The lowest BCUT2D eigenvalue weighted by Crippen LogP contribution is -2.69. The number of hydrogen-bond acceptors (Lipinski definition) is 3. The molecule has 2 aliphatic carbocycles. The molecule has 4 aliphatic rings. The van der Waals surface area contributed by atoms with Crippen LogP contribution in [0.5, 0.6) is 0 Å². The monoisotopic (exact) mass is 392 g/mol. The molecule has 2 heterocycles. The maximum Gasteiger partial charge on any atom is 0.315 e. The highest BCUT2D eigenvalue weighted by molar-refractivity contribution is 5.75. The molecule has 2 saturated carbocycles. The number of nitrogens with one attached hydrogen (secondary N) is 2. The third-order valence-corrected chi connectivity index (χ3v) is 7.25. The van der Waals surface area contributed by atoms with Gasteiger partial charge in [-0.3, -0.25) is 0 Å². The summed E-state index contributed by atoms with van der Waals surface area (Å²) in [6.07, 6.45) is 6.09. The minimum Gasteiger partial charge on any atom is -0.377 e. The van der Waals surface area contributed by atoms with Gasteiger partial charge in [-0.05, 0) is 43.4 Å². The summed E-state index contributed by atoms with van der Waals surface area (Å²) in [4.78, 5) is 12.8. The van der Waals surface area contributed by atoms with Gasteiger partial charge in [-0.2, -0.15) is 0 Å². The van der Waals surface area contributed by atoms with Crippen LogP contribution in [0.15, 0.2) is 18.2 Å². The smallest absolute Gasteiger partial charge is 0.315 e. The quantitative estimate of drug-likeness (QED) is 0.829. The summed E-state index contributed by atoms with van der Waals surface area (Å²) in [5.41, 5.74) is 0.645. The third kappa shape index (κ3) is 2.82. The van der Waals surface area contributed by atoms with Crippen LogP contribution in [0.2, 0.25) is 0 Å². The van der Waals surface area contributed by atoms with Crippen LogP contribution in [0.25, 0.3) is 0 Å². The summed E-state index contributed by atoms with van der Waals surface area (Å²) in [5, 5.41) is 6.24. The molecule has 2 saturated heterocycles. The van der Waals surface area contributed by atoms with E-state index in [9.17, 15) is 13.6 Å². The molecule has 1 spiro atoms. The summed E-state index contributed by atoms with van der Waals surface area (Å²) < 4.78 is 38.5. The number of halogens is 2. The van der Waals surface area contributed by atoms with E-state index in [-0.39, 0.29) is 23.5 Å². The summed E-state index contributed by atoms with van der Waals surface area (Å²) in [6, 6.07) is 3.46. The maximum atomic E-state index is 13.6. The number of carbonyl (C=O) groups excluding carboxylic acids is 1. The molecule has 4 fully saturated rings. The Balaban J connectivity index is 1.25. The highest BCUT2D eigenvalue weighted by Gasteiger charge is 2.65. The Morgan fingerprint density at radius 1 is 1.04 bits per heavy atom. The predicted octanol–water partition coefficient (Wildman–Crippen LogP) is 3.44. The van der Waals surface area contributed by atoms with Crippen LogP contribution < -0.4 is 10.6 Å². The number of rotatable bonds is 3. The minimum absolute atomic E-state index is 0.101. The van der Waals surface area contributed by atoms with Crippen molar-refractivity contribution in [3.05, 3.63) is 35.4 Å². The van der Waals surface area contributed by atoms with Crippen molar-refractivity contribution in [2.75, 3.05) is 13.2 Å². The van der Waals surface area contributed by atoms with E-state index in [1.807, 2.05) is 0 Å². The molecule has 5 atom stereocenters. The second-order valence-electron chi connectivity index (χ2n) is 8.64. The molecule has 1 aromatic carbocycles. The number of ether oxygens (including phenoxy) is 2. The predicted molar refractivity (Wildman–Crippen MR) is 97.7 cm³/mol. The Morgan fingerprint density at radius 2 is 1.82 bits per heavy atom. The normalized spacial score (nSPS) is 35.6. The molecule has 5 unspecified atom stereocenters. The van der Waals surface area contributed by atoms with E-state index in [0.717, 1.165) is 38.0 Å². The second-order valence-corrected chi connectivity index (χ2v) is 8.64. The molecule has 152 valence electrons. The van der Waals surface area contributed by atoms with Gasteiger partial charge in [-0.15, -0.1) is 0 Å². The lowest BCUT2D eigenvalue weighted by atomic mass is 9.54. The number of carbonyl (C=O) groups is 1. The lowest BCUT2D eigenvalue weighted by Gasteiger charge is -2.56. The van der Waals surface area contributed by atoms with Gasteiger partial charge >= 0.3 is 6.03 Å². The zero-order chi connectivity index (χ0) is 19.3. The molecule has 28 heavy (non-hydrogen) atoms. The van der Waals surface area contributed by atoms with Crippen molar-refractivity contribution < 1.29 is 23.0 Å². The summed E-state index contributed by atoms with van der Waals surface area (Å²) in [7, 11) is 0. The first-order valence-corrected chi connectivity index (χ1v) is 10.3. The zero-order valence-electron chi connectivity index (χ0n) is 15.8. The maximum absolute atomic E-state index is 13.6. The second kappa shape index (κ2) is 6.95. The molecule has 0 bridgehead atoms. The van der Waals surface area contributed by atoms with E-state index in [1.54, 1.807) is 0 Å². The van der Waals surface area contributed by atoms with Crippen LogP contribution in [0.4, 0.5) is 13.6 Å². The number of fused-ring (bicyclic) bond motifs is 2.